The Morgan fingerprint density at radius 3 is 2.47 bits per heavy atom. The fourth-order valence-electron chi connectivity index (χ4n) is 1.45. The number of hydrogen-bond acceptors (Lipinski definition) is 1. The molecule has 0 saturated carbocycles. The number of aryl methyl sites for hydroxylation is 1. The number of benzene rings is 1. The van der Waals surface area contributed by atoms with Gasteiger partial charge in [0.05, 0.1) is 0 Å². The first-order chi connectivity index (χ1) is 7.18. The van der Waals surface area contributed by atoms with Crippen LogP contribution < -0.4 is 5.56 Å². The van der Waals surface area contributed by atoms with Crippen LogP contribution >= 0.6 is 22.6 Å². The van der Waals surface area contributed by atoms with E-state index in [4.69, 9.17) is 0 Å². The second-order valence-electron chi connectivity index (χ2n) is 3.34. The second kappa shape index (κ2) is 4.18. The molecule has 0 aliphatic heterocycles. The standard InChI is InChI=1S/C12H10INO/c1-14-8-2-3-11(12(14)15)9-4-6-10(13)7-5-9/h2-8H,1H3. The summed E-state index contributed by atoms with van der Waals surface area (Å²) in [4.78, 5) is 11.8. The highest BCUT2D eigenvalue weighted by Gasteiger charge is 2.02. The first kappa shape index (κ1) is 10.4. The smallest absolute Gasteiger partial charge is 0.258 e. The molecule has 0 aliphatic rings. The fourth-order valence-corrected chi connectivity index (χ4v) is 1.81. The molecule has 0 unspecified atom stereocenters. The third-order valence-electron chi connectivity index (χ3n) is 2.28. The van der Waals surface area contributed by atoms with E-state index in [1.807, 2.05) is 36.4 Å². The summed E-state index contributed by atoms with van der Waals surface area (Å²) < 4.78 is 2.76. The highest BCUT2D eigenvalue weighted by molar-refractivity contribution is 14.1. The number of nitrogens with zero attached hydrogens (tertiary/aromatic N) is 1. The fraction of sp³-hybridized carbons (Fsp3) is 0.0833. The number of aromatic nitrogens is 1. The van der Waals surface area contributed by atoms with Crippen LogP contribution in [0, 0.1) is 3.57 Å². The van der Waals surface area contributed by atoms with Crippen LogP contribution in [0.1, 0.15) is 0 Å². The van der Waals surface area contributed by atoms with Crippen molar-refractivity contribution in [1.29, 1.82) is 0 Å². The highest BCUT2D eigenvalue weighted by Crippen LogP contribution is 2.16. The maximum absolute atomic E-state index is 11.8. The number of halogens is 1. The number of hydrogen-bond donors (Lipinski definition) is 0. The van der Waals surface area contributed by atoms with Gasteiger partial charge in [0.25, 0.3) is 5.56 Å². The first-order valence-electron chi connectivity index (χ1n) is 4.60. The van der Waals surface area contributed by atoms with E-state index in [1.54, 1.807) is 17.8 Å². The van der Waals surface area contributed by atoms with Gasteiger partial charge in [-0.1, -0.05) is 12.1 Å². The Balaban J connectivity index is 2.59. The minimum absolute atomic E-state index is 0.0405. The quantitative estimate of drug-likeness (QED) is 0.742. The molecule has 1 aromatic carbocycles. The topological polar surface area (TPSA) is 22.0 Å². The van der Waals surface area contributed by atoms with Crippen molar-refractivity contribution in [2.24, 2.45) is 7.05 Å². The second-order valence-corrected chi connectivity index (χ2v) is 4.59. The Morgan fingerprint density at radius 1 is 1.13 bits per heavy atom. The molecule has 15 heavy (non-hydrogen) atoms. The molecule has 2 rings (SSSR count). The van der Waals surface area contributed by atoms with E-state index in [9.17, 15) is 4.79 Å². The van der Waals surface area contributed by atoms with Crippen LogP contribution in [0.3, 0.4) is 0 Å². The van der Waals surface area contributed by atoms with Crippen LogP contribution in [0.4, 0.5) is 0 Å². The van der Waals surface area contributed by atoms with Crippen LogP contribution in [0.15, 0.2) is 47.4 Å². The molecule has 0 fully saturated rings. The molecule has 0 saturated heterocycles. The third-order valence-corrected chi connectivity index (χ3v) is 3.00. The van der Waals surface area contributed by atoms with Gasteiger partial charge < -0.3 is 4.57 Å². The van der Waals surface area contributed by atoms with Gasteiger partial charge in [-0.15, -0.1) is 0 Å². The molecule has 2 aromatic rings. The summed E-state index contributed by atoms with van der Waals surface area (Å²) in [6, 6.07) is 11.7. The number of rotatable bonds is 1. The van der Waals surface area contributed by atoms with Crippen LogP contribution in [0.2, 0.25) is 0 Å². The SMILES string of the molecule is Cn1cccc(-c2ccc(I)cc2)c1=O. The van der Waals surface area contributed by atoms with E-state index in [0.29, 0.717) is 0 Å². The lowest BCUT2D eigenvalue weighted by atomic mass is 10.1. The molecule has 0 amide bonds. The lowest BCUT2D eigenvalue weighted by molar-refractivity contribution is 0.863. The van der Waals surface area contributed by atoms with Gasteiger partial charge in [-0.05, 0) is 52.4 Å². The highest BCUT2D eigenvalue weighted by atomic mass is 127. The van der Waals surface area contributed by atoms with Crippen molar-refractivity contribution in [2.75, 3.05) is 0 Å². The summed E-state index contributed by atoms with van der Waals surface area (Å²) in [6.45, 7) is 0. The van der Waals surface area contributed by atoms with Gasteiger partial charge in [0.15, 0.2) is 0 Å². The minimum atomic E-state index is 0.0405. The van der Waals surface area contributed by atoms with Crippen molar-refractivity contribution >= 4 is 22.6 Å². The van der Waals surface area contributed by atoms with Crippen LogP contribution in [-0.4, -0.2) is 4.57 Å². The number of pyridine rings is 1. The molecule has 0 N–H and O–H groups in total. The van der Waals surface area contributed by atoms with Gasteiger partial charge >= 0.3 is 0 Å². The van der Waals surface area contributed by atoms with Gasteiger partial charge in [-0.3, -0.25) is 4.79 Å². The molecule has 0 aliphatic carbocycles. The molecule has 0 bridgehead atoms. The first-order valence-corrected chi connectivity index (χ1v) is 5.68. The molecule has 1 heterocycles. The van der Waals surface area contributed by atoms with Gasteiger partial charge in [0.1, 0.15) is 0 Å². The van der Waals surface area contributed by atoms with E-state index in [0.717, 1.165) is 11.1 Å². The molecule has 0 radical (unpaired) electrons. The molecule has 76 valence electrons. The van der Waals surface area contributed by atoms with E-state index in [2.05, 4.69) is 22.6 Å². The van der Waals surface area contributed by atoms with Gasteiger partial charge in [0.2, 0.25) is 0 Å². The van der Waals surface area contributed by atoms with Crippen molar-refractivity contribution in [2.45, 2.75) is 0 Å². The molecule has 2 nitrogen and oxygen atoms in total. The largest absolute Gasteiger partial charge is 0.318 e. The van der Waals surface area contributed by atoms with E-state index in [1.165, 1.54) is 3.57 Å². The average Bonchev–Trinajstić information content (AvgIpc) is 2.24. The van der Waals surface area contributed by atoms with Crippen LogP contribution in [-0.2, 0) is 7.05 Å². The van der Waals surface area contributed by atoms with E-state index >= 15 is 0 Å². The summed E-state index contributed by atoms with van der Waals surface area (Å²) >= 11 is 2.25. The maximum atomic E-state index is 11.8. The van der Waals surface area contributed by atoms with Gasteiger partial charge in [-0.25, -0.2) is 0 Å². The Hall–Kier alpha value is -1.10. The van der Waals surface area contributed by atoms with Crippen LogP contribution in [0.25, 0.3) is 11.1 Å². The zero-order valence-corrected chi connectivity index (χ0v) is 10.4. The summed E-state index contributed by atoms with van der Waals surface area (Å²) in [6.07, 6.45) is 1.76. The zero-order valence-electron chi connectivity index (χ0n) is 8.27. The zero-order chi connectivity index (χ0) is 10.8. The minimum Gasteiger partial charge on any atom is -0.318 e. The Bertz CT molecular complexity index is 528. The lowest BCUT2D eigenvalue weighted by Crippen LogP contribution is -2.17. The average molecular weight is 311 g/mol. The van der Waals surface area contributed by atoms with Gasteiger partial charge in [-0.2, -0.15) is 0 Å². The lowest BCUT2D eigenvalue weighted by Gasteiger charge is -2.03. The molecular formula is C12H10INO. The normalized spacial score (nSPS) is 10.3. The van der Waals surface area contributed by atoms with Gasteiger partial charge in [0, 0.05) is 22.4 Å². The van der Waals surface area contributed by atoms with Crippen molar-refractivity contribution in [3.8, 4) is 11.1 Å². The molecular weight excluding hydrogens is 301 g/mol. The Morgan fingerprint density at radius 2 is 1.80 bits per heavy atom. The van der Waals surface area contributed by atoms with Crippen molar-refractivity contribution < 1.29 is 0 Å². The summed E-state index contributed by atoms with van der Waals surface area (Å²) in [5.74, 6) is 0. The molecule has 1 aromatic heterocycles. The third kappa shape index (κ3) is 2.12. The maximum Gasteiger partial charge on any atom is 0.258 e. The monoisotopic (exact) mass is 311 g/mol. The Kier molecular flexibility index (Phi) is 2.90. The van der Waals surface area contributed by atoms with Crippen LogP contribution in [0.5, 0.6) is 0 Å². The predicted octanol–water partition coefficient (Wildman–Crippen LogP) is 2.66. The van der Waals surface area contributed by atoms with E-state index in [-0.39, 0.29) is 5.56 Å². The summed E-state index contributed by atoms with van der Waals surface area (Å²) in [5, 5.41) is 0. The van der Waals surface area contributed by atoms with E-state index < -0.39 is 0 Å². The Labute approximate surface area is 102 Å². The predicted molar refractivity (Wildman–Crippen MR) is 69.8 cm³/mol. The van der Waals surface area contributed by atoms with Crippen molar-refractivity contribution in [3.05, 3.63) is 56.5 Å². The molecule has 3 heteroatoms. The molecule has 0 spiro atoms. The van der Waals surface area contributed by atoms with Crippen molar-refractivity contribution in [3.63, 3.8) is 0 Å². The summed E-state index contributed by atoms with van der Waals surface area (Å²) in [5.41, 5.74) is 1.76. The summed E-state index contributed by atoms with van der Waals surface area (Å²) in [7, 11) is 1.76. The van der Waals surface area contributed by atoms with Crippen molar-refractivity contribution in [1.82, 2.24) is 4.57 Å². The molecule has 0 atom stereocenters.